The predicted molar refractivity (Wildman–Crippen MR) is 83.5 cm³/mol. The highest BCUT2D eigenvalue weighted by molar-refractivity contribution is 7.89. The molecule has 5 nitrogen and oxygen atoms in total. The van der Waals surface area contributed by atoms with Crippen LogP contribution in [0, 0.1) is 6.92 Å². The van der Waals surface area contributed by atoms with Crippen molar-refractivity contribution >= 4 is 32.7 Å². The van der Waals surface area contributed by atoms with E-state index in [0.717, 1.165) is 6.42 Å². The lowest BCUT2D eigenvalue weighted by Crippen LogP contribution is -2.16. The van der Waals surface area contributed by atoms with E-state index in [-0.39, 0.29) is 4.90 Å². The molecule has 2 rings (SSSR count). The fraction of sp³-hybridized carbons (Fsp3) is 0.231. The molecule has 0 atom stereocenters. The minimum absolute atomic E-state index is 0.0659. The third kappa shape index (κ3) is 3.50. The molecule has 0 aliphatic heterocycles. The summed E-state index contributed by atoms with van der Waals surface area (Å²) in [5.41, 5.74) is 7.40. The van der Waals surface area contributed by atoms with Crippen LogP contribution in [-0.2, 0) is 16.4 Å². The largest absolute Gasteiger partial charge is 0.399 e. The first-order valence-electron chi connectivity index (χ1n) is 6.07. The van der Waals surface area contributed by atoms with Crippen LogP contribution >= 0.6 is 11.3 Å². The lowest BCUT2D eigenvalue weighted by Gasteiger charge is -2.13. The SMILES string of the molecule is Cc1c(NCCc2cccs2)cc(N)cc1S(N)(=O)=O. The van der Waals surface area contributed by atoms with E-state index >= 15 is 0 Å². The Morgan fingerprint density at radius 1 is 1.35 bits per heavy atom. The topological polar surface area (TPSA) is 98.2 Å². The van der Waals surface area contributed by atoms with Crippen molar-refractivity contribution in [3.8, 4) is 0 Å². The van der Waals surface area contributed by atoms with Gasteiger partial charge in [-0.2, -0.15) is 0 Å². The Morgan fingerprint density at radius 2 is 2.10 bits per heavy atom. The second-order valence-electron chi connectivity index (χ2n) is 4.49. The summed E-state index contributed by atoms with van der Waals surface area (Å²) >= 11 is 1.69. The number of anilines is 2. The van der Waals surface area contributed by atoms with Crippen molar-refractivity contribution < 1.29 is 8.42 Å². The molecule has 0 saturated heterocycles. The maximum atomic E-state index is 11.5. The van der Waals surface area contributed by atoms with E-state index in [0.29, 0.717) is 23.5 Å². The minimum atomic E-state index is -3.76. The number of hydrogen-bond acceptors (Lipinski definition) is 5. The molecule has 1 aromatic heterocycles. The molecular weight excluding hydrogens is 294 g/mol. The number of primary sulfonamides is 1. The summed E-state index contributed by atoms with van der Waals surface area (Å²) in [4.78, 5) is 1.34. The van der Waals surface area contributed by atoms with E-state index in [1.165, 1.54) is 10.9 Å². The van der Waals surface area contributed by atoms with Crippen molar-refractivity contribution in [1.82, 2.24) is 0 Å². The first-order valence-corrected chi connectivity index (χ1v) is 8.49. The van der Waals surface area contributed by atoms with Gasteiger partial charge in [-0.15, -0.1) is 11.3 Å². The summed E-state index contributed by atoms with van der Waals surface area (Å²) in [6, 6.07) is 7.17. The van der Waals surface area contributed by atoms with E-state index in [4.69, 9.17) is 10.9 Å². The van der Waals surface area contributed by atoms with Gasteiger partial charge in [-0.1, -0.05) is 6.07 Å². The smallest absolute Gasteiger partial charge is 0.238 e. The quantitative estimate of drug-likeness (QED) is 0.735. The van der Waals surface area contributed by atoms with Crippen molar-refractivity contribution in [3.63, 3.8) is 0 Å². The van der Waals surface area contributed by atoms with Crippen molar-refractivity contribution in [2.75, 3.05) is 17.6 Å². The van der Waals surface area contributed by atoms with Crippen LogP contribution in [0.3, 0.4) is 0 Å². The number of benzene rings is 1. The first kappa shape index (κ1) is 14.8. The number of nitrogens with two attached hydrogens (primary N) is 2. The number of sulfonamides is 1. The van der Waals surface area contributed by atoms with Crippen LogP contribution in [0.25, 0.3) is 0 Å². The lowest BCUT2D eigenvalue weighted by molar-refractivity contribution is 0.597. The molecule has 0 aliphatic carbocycles. The standard InChI is InChI=1S/C13H17N3O2S2/c1-9-12(16-5-4-11-3-2-6-19-11)7-10(14)8-13(9)20(15,17)18/h2-3,6-8,16H,4-5,14H2,1H3,(H2,15,17,18). The van der Waals surface area contributed by atoms with Crippen LogP contribution in [0.15, 0.2) is 34.5 Å². The van der Waals surface area contributed by atoms with Crippen LogP contribution in [0.2, 0.25) is 0 Å². The number of rotatable bonds is 5. The number of nitrogens with one attached hydrogen (secondary N) is 1. The zero-order valence-corrected chi connectivity index (χ0v) is 12.7. The predicted octanol–water partition coefficient (Wildman–Crippen LogP) is 1.94. The summed E-state index contributed by atoms with van der Waals surface area (Å²) in [5.74, 6) is 0. The molecule has 108 valence electrons. The first-order chi connectivity index (χ1) is 9.38. The second kappa shape index (κ2) is 5.82. The lowest BCUT2D eigenvalue weighted by atomic mass is 10.1. The van der Waals surface area contributed by atoms with E-state index < -0.39 is 10.0 Å². The highest BCUT2D eigenvalue weighted by atomic mass is 32.2. The summed E-state index contributed by atoms with van der Waals surface area (Å²) in [7, 11) is -3.76. The fourth-order valence-electron chi connectivity index (χ4n) is 1.96. The van der Waals surface area contributed by atoms with Crippen LogP contribution in [-0.4, -0.2) is 15.0 Å². The third-order valence-corrected chi connectivity index (χ3v) is 4.93. The average Bonchev–Trinajstić information content (AvgIpc) is 2.84. The molecule has 2 aromatic rings. The molecule has 5 N–H and O–H groups in total. The Balaban J connectivity index is 2.17. The minimum Gasteiger partial charge on any atom is -0.399 e. The Hall–Kier alpha value is -1.57. The average molecular weight is 311 g/mol. The van der Waals surface area contributed by atoms with Crippen molar-refractivity contribution in [3.05, 3.63) is 40.1 Å². The van der Waals surface area contributed by atoms with Crippen molar-refractivity contribution in [1.29, 1.82) is 0 Å². The Morgan fingerprint density at radius 3 is 2.70 bits per heavy atom. The van der Waals surface area contributed by atoms with Gasteiger partial charge in [0, 0.05) is 22.8 Å². The molecule has 1 aromatic carbocycles. The van der Waals surface area contributed by atoms with E-state index in [9.17, 15) is 8.42 Å². The summed E-state index contributed by atoms with van der Waals surface area (Å²) in [6.45, 7) is 2.42. The van der Waals surface area contributed by atoms with Crippen LogP contribution in [0.5, 0.6) is 0 Å². The third-order valence-electron chi connectivity index (χ3n) is 2.96. The Bertz CT molecular complexity index is 695. The molecule has 0 unspecified atom stereocenters. The zero-order valence-electron chi connectivity index (χ0n) is 11.1. The van der Waals surface area contributed by atoms with Crippen molar-refractivity contribution in [2.45, 2.75) is 18.2 Å². The fourth-order valence-corrected chi connectivity index (χ4v) is 3.51. The molecule has 0 radical (unpaired) electrons. The maximum Gasteiger partial charge on any atom is 0.238 e. The molecule has 0 aliphatic rings. The van der Waals surface area contributed by atoms with Gasteiger partial charge in [0.25, 0.3) is 0 Å². The van der Waals surface area contributed by atoms with Gasteiger partial charge >= 0.3 is 0 Å². The van der Waals surface area contributed by atoms with Gasteiger partial charge in [-0.3, -0.25) is 0 Å². The van der Waals surface area contributed by atoms with E-state index in [2.05, 4.69) is 11.4 Å². The monoisotopic (exact) mass is 311 g/mol. The molecule has 7 heteroatoms. The normalized spacial score (nSPS) is 11.5. The summed E-state index contributed by atoms with van der Waals surface area (Å²) in [5, 5.41) is 10.4. The summed E-state index contributed by atoms with van der Waals surface area (Å²) in [6.07, 6.45) is 0.872. The molecule has 0 spiro atoms. The van der Waals surface area contributed by atoms with Crippen LogP contribution < -0.4 is 16.2 Å². The van der Waals surface area contributed by atoms with Gasteiger partial charge in [0.15, 0.2) is 0 Å². The Kier molecular flexibility index (Phi) is 4.32. The van der Waals surface area contributed by atoms with Crippen LogP contribution in [0.4, 0.5) is 11.4 Å². The highest BCUT2D eigenvalue weighted by Crippen LogP contribution is 2.26. The zero-order chi connectivity index (χ0) is 14.8. The van der Waals surface area contributed by atoms with Gasteiger partial charge in [0.2, 0.25) is 10.0 Å². The molecule has 1 heterocycles. The van der Waals surface area contributed by atoms with Gasteiger partial charge in [0.05, 0.1) is 4.90 Å². The van der Waals surface area contributed by atoms with E-state index in [1.54, 1.807) is 24.3 Å². The van der Waals surface area contributed by atoms with Crippen molar-refractivity contribution in [2.24, 2.45) is 5.14 Å². The maximum absolute atomic E-state index is 11.5. The van der Waals surface area contributed by atoms with Gasteiger partial charge in [0.1, 0.15) is 0 Å². The molecule has 0 saturated carbocycles. The van der Waals surface area contributed by atoms with Gasteiger partial charge in [-0.05, 0) is 42.5 Å². The summed E-state index contributed by atoms with van der Waals surface area (Å²) < 4.78 is 23.0. The van der Waals surface area contributed by atoms with Crippen LogP contribution in [0.1, 0.15) is 10.4 Å². The Labute approximate surface area is 122 Å². The molecule has 0 fully saturated rings. The molecule has 0 bridgehead atoms. The van der Waals surface area contributed by atoms with Gasteiger partial charge < -0.3 is 11.1 Å². The molecule has 0 amide bonds. The number of thiophene rings is 1. The number of hydrogen-bond donors (Lipinski definition) is 3. The molecular formula is C13H17N3O2S2. The highest BCUT2D eigenvalue weighted by Gasteiger charge is 2.15. The number of nitrogen functional groups attached to an aromatic ring is 1. The van der Waals surface area contributed by atoms with E-state index in [1.807, 2.05) is 11.4 Å². The second-order valence-corrected chi connectivity index (χ2v) is 7.05. The molecule has 20 heavy (non-hydrogen) atoms. The van der Waals surface area contributed by atoms with Gasteiger partial charge in [-0.25, -0.2) is 13.6 Å².